The van der Waals surface area contributed by atoms with Crippen molar-refractivity contribution in [3.05, 3.63) is 22.7 Å². The summed E-state index contributed by atoms with van der Waals surface area (Å²) >= 11 is 3.23. The molecule has 7 heteroatoms. The lowest BCUT2D eigenvalue weighted by Crippen LogP contribution is -2.41. The summed E-state index contributed by atoms with van der Waals surface area (Å²) in [6, 6.07) is 4.51. The van der Waals surface area contributed by atoms with E-state index >= 15 is 0 Å². The Balaban J connectivity index is 2.22. The van der Waals surface area contributed by atoms with Crippen LogP contribution in [0.5, 0.6) is 0 Å². The molecule has 1 aliphatic rings. The van der Waals surface area contributed by atoms with Gasteiger partial charge in [-0.25, -0.2) is 8.42 Å². The van der Waals surface area contributed by atoms with E-state index in [1.807, 2.05) is 0 Å². The van der Waals surface area contributed by atoms with Gasteiger partial charge in [-0.1, -0.05) is 12.8 Å². The molecule has 3 N–H and O–H groups in total. The van der Waals surface area contributed by atoms with E-state index in [2.05, 4.69) is 15.9 Å². The fourth-order valence-corrected chi connectivity index (χ4v) is 4.35. The van der Waals surface area contributed by atoms with E-state index in [9.17, 15) is 13.5 Å². The van der Waals surface area contributed by atoms with Crippen LogP contribution in [0.15, 0.2) is 27.6 Å². The Hall–Kier alpha value is -0.630. The summed E-state index contributed by atoms with van der Waals surface area (Å²) in [6.07, 6.45) is 3.19. The summed E-state index contributed by atoms with van der Waals surface area (Å²) in [5, 5.41) is 10.3. The van der Waals surface area contributed by atoms with Crippen LogP contribution in [-0.4, -0.2) is 37.0 Å². The highest BCUT2D eigenvalue weighted by Crippen LogP contribution is 2.32. The Morgan fingerprint density at radius 2 is 2.00 bits per heavy atom. The highest BCUT2D eigenvalue weighted by Gasteiger charge is 2.35. The zero-order valence-electron chi connectivity index (χ0n) is 11.3. The Bertz CT molecular complexity index is 598. The number of halogens is 1. The Morgan fingerprint density at radius 3 is 2.55 bits per heavy atom. The van der Waals surface area contributed by atoms with E-state index in [1.165, 1.54) is 23.5 Å². The number of likely N-dealkylation sites (N-methyl/N-ethyl adjacent to an activating group) is 1. The van der Waals surface area contributed by atoms with Gasteiger partial charge in [0.15, 0.2) is 0 Å². The van der Waals surface area contributed by atoms with Crippen LogP contribution >= 0.6 is 15.9 Å². The average Bonchev–Trinajstić information content (AvgIpc) is 2.79. The number of nitrogen functional groups attached to an aromatic ring is 1. The zero-order chi connectivity index (χ0) is 15.0. The van der Waals surface area contributed by atoms with Crippen molar-refractivity contribution >= 4 is 31.6 Å². The molecule has 0 bridgehead atoms. The number of hydrogen-bond acceptors (Lipinski definition) is 4. The maximum absolute atomic E-state index is 12.5. The number of nitrogens with two attached hydrogens (primary N) is 1. The van der Waals surface area contributed by atoms with Crippen LogP contribution in [-0.2, 0) is 10.0 Å². The molecule has 20 heavy (non-hydrogen) atoms. The largest absolute Gasteiger partial charge is 0.398 e. The molecular weight excluding hydrogens is 344 g/mol. The quantitative estimate of drug-likeness (QED) is 0.801. The molecule has 0 atom stereocenters. The van der Waals surface area contributed by atoms with Gasteiger partial charge in [0.05, 0.1) is 10.5 Å². The van der Waals surface area contributed by atoms with Crippen molar-refractivity contribution in [2.75, 3.05) is 19.3 Å². The summed E-state index contributed by atoms with van der Waals surface area (Å²) in [5.74, 6) is 0. The third kappa shape index (κ3) is 3.16. The molecule has 0 unspecified atom stereocenters. The van der Waals surface area contributed by atoms with Crippen LogP contribution in [0.25, 0.3) is 0 Å². The monoisotopic (exact) mass is 362 g/mol. The maximum atomic E-state index is 12.5. The molecule has 1 aromatic rings. The van der Waals surface area contributed by atoms with E-state index in [1.54, 1.807) is 6.07 Å². The summed E-state index contributed by atoms with van der Waals surface area (Å²) in [7, 11) is -2.12. The molecule has 0 radical (unpaired) electrons. The zero-order valence-corrected chi connectivity index (χ0v) is 13.7. The topological polar surface area (TPSA) is 83.6 Å². The summed E-state index contributed by atoms with van der Waals surface area (Å²) in [5.41, 5.74) is 5.26. The highest BCUT2D eigenvalue weighted by atomic mass is 79.9. The second-order valence-corrected chi connectivity index (χ2v) is 8.28. The van der Waals surface area contributed by atoms with Crippen LogP contribution in [0.2, 0.25) is 0 Å². The van der Waals surface area contributed by atoms with Gasteiger partial charge in [-0.3, -0.25) is 0 Å². The number of rotatable bonds is 4. The lowest BCUT2D eigenvalue weighted by Gasteiger charge is -2.28. The van der Waals surface area contributed by atoms with Crippen LogP contribution in [0, 0.1) is 0 Å². The fourth-order valence-electron chi connectivity index (χ4n) is 2.54. The number of sulfonamides is 1. The van der Waals surface area contributed by atoms with Crippen molar-refractivity contribution in [3.8, 4) is 0 Å². The van der Waals surface area contributed by atoms with E-state index in [4.69, 9.17) is 5.73 Å². The number of anilines is 1. The van der Waals surface area contributed by atoms with E-state index in [-0.39, 0.29) is 11.4 Å². The van der Waals surface area contributed by atoms with Gasteiger partial charge in [0, 0.05) is 23.8 Å². The average molecular weight is 363 g/mol. The fraction of sp³-hybridized carbons (Fsp3) is 0.538. The summed E-state index contributed by atoms with van der Waals surface area (Å²) < 4.78 is 26.7. The third-order valence-electron chi connectivity index (χ3n) is 3.73. The summed E-state index contributed by atoms with van der Waals surface area (Å²) in [6.45, 7) is 0.122. The standard InChI is InChI=1S/C13H19BrN2O3S/c1-16(9-13(17)6-2-3-7-13)20(18,19)10-4-5-12(15)11(14)8-10/h4-5,8,17H,2-3,6-7,9,15H2,1H3. The lowest BCUT2D eigenvalue weighted by molar-refractivity contribution is 0.0333. The van der Waals surface area contributed by atoms with E-state index < -0.39 is 15.6 Å². The van der Waals surface area contributed by atoms with E-state index in [0.717, 1.165) is 12.8 Å². The summed E-state index contributed by atoms with van der Waals surface area (Å²) in [4.78, 5) is 0.169. The molecular formula is C13H19BrN2O3S. The predicted molar refractivity (Wildman–Crippen MR) is 81.8 cm³/mol. The van der Waals surface area contributed by atoms with Gasteiger partial charge in [0.2, 0.25) is 10.0 Å². The maximum Gasteiger partial charge on any atom is 0.242 e. The van der Waals surface area contributed by atoms with Crippen molar-refractivity contribution < 1.29 is 13.5 Å². The first kappa shape index (κ1) is 15.8. The van der Waals surface area contributed by atoms with Crippen LogP contribution < -0.4 is 5.73 Å². The van der Waals surface area contributed by atoms with Crippen LogP contribution in [0.1, 0.15) is 25.7 Å². The minimum atomic E-state index is -3.62. The molecule has 0 spiro atoms. The van der Waals surface area contributed by atoms with Crippen molar-refractivity contribution in [2.24, 2.45) is 0 Å². The number of hydrogen-bond donors (Lipinski definition) is 2. The molecule has 5 nitrogen and oxygen atoms in total. The molecule has 0 aromatic heterocycles. The molecule has 2 rings (SSSR count). The molecule has 0 saturated heterocycles. The normalized spacial score (nSPS) is 18.6. The van der Waals surface area contributed by atoms with Crippen molar-refractivity contribution in [3.63, 3.8) is 0 Å². The van der Waals surface area contributed by atoms with Gasteiger partial charge in [-0.05, 0) is 47.0 Å². The molecule has 0 amide bonds. The van der Waals surface area contributed by atoms with Gasteiger partial charge in [-0.2, -0.15) is 4.31 Å². The predicted octanol–water partition coefficient (Wildman–Crippen LogP) is 1.96. The Labute approximate surface area is 128 Å². The highest BCUT2D eigenvalue weighted by molar-refractivity contribution is 9.10. The van der Waals surface area contributed by atoms with Crippen LogP contribution in [0.3, 0.4) is 0 Å². The van der Waals surface area contributed by atoms with Crippen LogP contribution in [0.4, 0.5) is 5.69 Å². The third-order valence-corrected chi connectivity index (χ3v) is 6.22. The first-order valence-corrected chi connectivity index (χ1v) is 8.72. The molecule has 0 heterocycles. The second-order valence-electron chi connectivity index (χ2n) is 5.38. The molecule has 1 aliphatic carbocycles. The van der Waals surface area contributed by atoms with Gasteiger partial charge < -0.3 is 10.8 Å². The smallest absolute Gasteiger partial charge is 0.242 e. The van der Waals surface area contributed by atoms with Crippen molar-refractivity contribution in [1.29, 1.82) is 0 Å². The number of aliphatic hydroxyl groups is 1. The Morgan fingerprint density at radius 1 is 1.40 bits per heavy atom. The number of nitrogens with zero attached hydrogens (tertiary/aromatic N) is 1. The van der Waals surface area contributed by atoms with Gasteiger partial charge in [0.25, 0.3) is 0 Å². The van der Waals surface area contributed by atoms with Crippen molar-refractivity contribution in [1.82, 2.24) is 4.31 Å². The molecule has 112 valence electrons. The first-order valence-electron chi connectivity index (χ1n) is 6.48. The minimum absolute atomic E-state index is 0.122. The van der Waals surface area contributed by atoms with E-state index in [0.29, 0.717) is 23.0 Å². The van der Waals surface area contributed by atoms with Gasteiger partial charge in [-0.15, -0.1) is 0 Å². The minimum Gasteiger partial charge on any atom is -0.398 e. The molecule has 1 saturated carbocycles. The SMILES string of the molecule is CN(CC1(O)CCCC1)S(=O)(=O)c1ccc(N)c(Br)c1. The lowest BCUT2D eigenvalue weighted by atomic mass is 10.0. The number of benzene rings is 1. The first-order chi connectivity index (χ1) is 9.24. The molecule has 1 fully saturated rings. The Kier molecular flexibility index (Phi) is 4.44. The molecule has 0 aliphatic heterocycles. The second kappa shape index (κ2) is 5.63. The van der Waals surface area contributed by atoms with Crippen molar-refractivity contribution in [2.45, 2.75) is 36.2 Å². The molecule has 1 aromatic carbocycles. The van der Waals surface area contributed by atoms with Gasteiger partial charge in [0.1, 0.15) is 0 Å². The van der Waals surface area contributed by atoms with Gasteiger partial charge >= 0.3 is 0 Å².